The number of benzene rings is 1. The second kappa shape index (κ2) is 8.05. The van der Waals surface area contributed by atoms with Crippen LogP contribution in [0.1, 0.15) is 29.0 Å². The van der Waals surface area contributed by atoms with Crippen molar-refractivity contribution in [3.63, 3.8) is 0 Å². The van der Waals surface area contributed by atoms with Crippen molar-refractivity contribution >= 4 is 49.6 Å². The van der Waals surface area contributed by atoms with Crippen molar-refractivity contribution in [1.29, 1.82) is 0 Å². The molecule has 2 aromatic heterocycles. The third kappa shape index (κ3) is 4.64. The zero-order valence-electron chi connectivity index (χ0n) is 14.1. The van der Waals surface area contributed by atoms with Crippen LogP contribution in [-0.2, 0) is 11.3 Å². The van der Waals surface area contributed by atoms with E-state index in [2.05, 4.69) is 47.4 Å². The summed E-state index contributed by atoms with van der Waals surface area (Å²) in [4.78, 5) is 23.4. The highest BCUT2D eigenvalue weighted by Gasteiger charge is 2.20. The zero-order chi connectivity index (χ0) is 19.6. The molecule has 1 atom stereocenters. The SMILES string of the molecule is CC(C(=O)Nc1nn(Cc2ccc(Br)cc2)cc1Br)n1ccc(C(=O)O)n1. The number of nitrogens with zero attached hydrogens (tertiary/aromatic N) is 4. The molecule has 3 aromatic rings. The number of carbonyl (C=O) groups excluding carboxylic acids is 1. The minimum Gasteiger partial charge on any atom is -0.476 e. The summed E-state index contributed by atoms with van der Waals surface area (Å²) in [5.41, 5.74) is 0.951. The van der Waals surface area contributed by atoms with Crippen LogP contribution in [0, 0.1) is 0 Å². The van der Waals surface area contributed by atoms with E-state index < -0.39 is 12.0 Å². The van der Waals surface area contributed by atoms with Crippen molar-refractivity contribution in [3.8, 4) is 0 Å². The predicted octanol–water partition coefficient (Wildman–Crippen LogP) is 3.55. The fourth-order valence-corrected chi connectivity index (χ4v) is 3.03. The summed E-state index contributed by atoms with van der Waals surface area (Å²) in [5.74, 6) is -1.12. The third-order valence-corrected chi connectivity index (χ3v) is 4.93. The Kier molecular flexibility index (Phi) is 5.76. The van der Waals surface area contributed by atoms with Crippen molar-refractivity contribution < 1.29 is 14.7 Å². The lowest BCUT2D eigenvalue weighted by Crippen LogP contribution is -2.24. The summed E-state index contributed by atoms with van der Waals surface area (Å²) in [6.07, 6.45) is 3.23. The number of carboxylic acid groups (broad SMARTS) is 1. The van der Waals surface area contributed by atoms with Gasteiger partial charge in [-0.05, 0) is 46.6 Å². The largest absolute Gasteiger partial charge is 0.476 e. The summed E-state index contributed by atoms with van der Waals surface area (Å²) in [7, 11) is 0. The first-order valence-corrected chi connectivity index (χ1v) is 9.49. The average Bonchev–Trinajstić information content (AvgIpc) is 3.24. The van der Waals surface area contributed by atoms with Gasteiger partial charge in [0, 0.05) is 16.9 Å². The van der Waals surface area contributed by atoms with Crippen LogP contribution in [0.3, 0.4) is 0 Å². The van der Waals surface area contributed by atoms with E-state index in [9.17, 15) is 9.59 Å². The molecular weight excluding hydrogens is 482 g/mol. The molecule has 0 aliphatic heterocycles. The molecular formula is C17H15Br2N5O3. The van der Waals surface area contributed by atoms with E-state index in [4.69, 9.17) is 5.11 Å². The Labute approximate surface area is 171 Å². The molecule has 0 saturated carbocycles. The summed E-state index contributed by atoms with van der Waals surface area (Å²) in [5, 5.41) is 19.9. The molecule has 0 saturated heterocycles. The molecule has 0 aliphatic carbocycles. The van der Waals surface area contributed by atoms with Crippen LogP contribution in [0.5, 0.6) is 0 Å². The van der Waals surface area contributed by atoms with E-state index in [0.717, 1.165) is 10.0 Å². The number of amides is 1. The van der Waals surface area contributed by atoms with Gasteiger partial charge in [-0.2, -0.15) is 10.2 Å². The summed E-state index contributed by atoms with van der Waals surface area (Å²) < 4.78 is 4.65. The van der Waals surface area contributed by atoms with Crippen molar-refractivity contribution in [2.75, 3.05) is 5.32 Å². The van der Waals surface area contributed by atoms with Gasteiger partial charge in [0.1, 0.15) is 6.04 Å². The Morgan fingerprint density at radius 2 is 1.89 bits per heavy atom. The van der Waals surface area contributed by atoms with Crippen molar-refractivity contribution in [1.82, 2.24) is 19.6 Å². The number of rotatable bonds is 6. The predicted molar refractivity (Wildman–Crippen MR) is 106 cm³/mol. The van der Waals surface area contributed by atoms with Crippen LogP contribution in [0.15, 0.2) is 51.7 Å². The van der Waals surface area contributed by atoms with E-state index >= 15 is 0 Å². The fraction of sp³-hybridized carbons (Fsp3) is 0.176. The Morgan fingerprint density at radius 3 is 2.52 bits per heavy atom. The van der Waals surface area contributed by atoms with Gasteiger partial charge < -0.3 is 10.4 Å². The monoisotopic (exact) mass is 495 g/mol. The maximum absolute atomic E-state index is 12.5. The van der Waals surface area contributed by atoms with Gasteiger partial charge in [-0.15, -0.1) is 0 Å². The molecule has 2 heterocycles. The van der Waals surface area contributed by atoms with Gasteiger partial charge in [-0.3, -0.25) is 14.2 Å². The number of aromatic nitrogens is 4. The van der Waals surface area contributed by atoms with Gasteiger partial charge >= 0.3 is 5.97 Å². The first-order valence-electron chi connectivity index (χ1n) is 7.90. The normalized spacial score (nSPS) is 12.0. The van der Waals surface area contributed by atoms with Crippen molar-refractivity contribution in [2.24, 2.45) is 0 Å². The van der Waals surface area contributed by atoms with Crippen LogP contribution in [0.25, 0.3) is 0 Å². The highest BCUT2D eigenvalue weighted by atomic mass is 79.9. The molecule has 1 amide bonds. The molecule has 1 aromatic carbocycles. The fourth-order valence-electron chi connectivity index (χ4n) is 2.35. The van der Waals surface area contributed by atoms with E-state index in [1.807, 2.05) is 24.3 Å². The highest BCUT2D eigenvalue weighted by Crippen LogP contribution is 2.22. The van der Waals surface area contributed by atoms with Crippen LogP contribution >= 0.6 is 31.9 Å². The smallest absolute Gasteiger partial charge is 0.356 e. The van der Waals surface area contributed by atoms with Gasteiger partial charge in [0.05, 0.1) is 11.0 Å². The van der Waals surface area contributed by atoms with E-state index in [-0.39, 0.29) is 11.6 Å². The summed E-state index contributed by atoms with van der Waals surface area (Å²) in [6.45, 7) is 2.18. The van der Waals surface area contributed by atoms with Gasteiger partial charge in [0.25, 0.3) is 0 Å². The van der Waals surface area contributed by atoms with Gasteiger partial charge in [-0.1, -0.05) is 28.1 Å². The van der Waals surface area contributed by atoms with Gasteiger partial charge in [-0.25, -0.2) is 4.79 Å². The molecule has 10 heteroatoms. The number of hydrogen-bond donors (Lipinski definition) is 2. The Hall–Kier alpha value is -2.46. The maximum Gasteiger partial charge on any atom is 0.356 e. The number of hydrogen-bond acceptors (Lipinski definition) is 4. The Balaban J connectivity index is 1.69. The van der Waals surface area contributed by atoms with Gasteiger partial charge in [0.15, 0.2) is 11.5 Å². The lowest BCUT2D eigenvalue weighted by atomic mass is 10.2. The molecule has 0 radical (unpaired) electrons. The number of carboxylic acids is 1. The van der Waals surface area contributed by atoms with Crippen LogP contribution < -0.4 is 5.32 Å². The van der Waals surface area contributed by atoms with Crippen molar-refractivity contribution in [3.05, 3.63) is 62.9 Å². The number of carbonyl (C=O) groups is 2. The average molecular weight is 497 g/mol. The molecule has 3 rings (SSSR count). The van der Waals surface area contributed by atoms with Crippen LogP contribution in [0.2, 0.25) is 0 Å². The van der Waals surface area contributed by atoms with Crippen LogP contribution in [0.4, 0.5) is 5.82 Å². The number of anilines is 1. The summed E-state index contributed by atoms with van der Waals surface area (Å²) in [6, 6.07) is 8.52. The quantitative estimate of drug-likeness (QED) is 0.543. The highest BCUT2D eigenvalue weighted by molar-refractivity contribution is 9.10. The van der Waals surface area contributed by atoms with E-state index in [1.165, 1.54) is 16.9 Å². The molecule has 140 valence electrons. The Bertz CT molecular complexity index is 981. The zero-order valence-corrected chi connectivity index (χ0v) is 17.3. The molecule has 0 spiro atoms. The first kappa shape index (κ1) is 19.3. The van der Waals surface area contributed by atoms with Crippen molar-refractivity contribution in [2.45, 2.75) is 19.5 Å². The van der Waals surface area contributed by atoms with Gasteiger partial charge in [0.2, 0.25) is 5.91 Å². The standard InChI is InChI=1S/C17H15Br2N5O3/c1-10(24-7-6-14(21-24)17(26)27)16(25)20-15-13(19)9-23(22-15)8-11-2-4-12(18)5-3-11/h2-7,9-10H,8H2,1H3,(H,26,27)(H,20,22,25). The molecule has 0 aliphatic rings. The van der Waals surface area contributed by atoms with Crippen LogP contribution in [-0.4, -0.2) is 36.5 Å². The number of halogens is 2. The lowest BCUT2D eigenvalue weighted by Gasteiger charge is -2.11. The third-order valence-electron chi connectivity index (χ3n) is 3.82. The first-order chi connectivity index (χ1) is 12.8. The van der Waals surface area contributed by atoms with E-state index in [1.54, 1.807) is 17.8 Å². The second-order valence-electron chi connectivity index (χ2n) is 5.80. The number of nitrogens with one attached hydrogen (secondary N) is 1. The minimum absolute atomic E-state index is 0.116. The molecule has 0 fully saturated rings. The Morgan fingerprint density at radius 1 is 1.19 bits per heavy atom. The second-order valence-corrected chi connectivity index (χ2v) is 7.57. The molecule has 2 N–H and O–H groups in total. The topological polar surface area (TPSA) is 102 Å². The maximum atomic E-state index is 12.5. The molecule has 8 nitrogen and oxygen atoms in total. The summed E-state index contributed by atoms with van der Waals surface area (Å²) >= 11 is 6.79. The lowest BCUT2D eigenvalue weighted by molar-refractivity contribution is -0.119. The molecule has 1 unspecified atom stereocenters. The molecule has 0 bridgehead atoms. The molecule has 27 heavy (non-hydrogen) atoms. The number of aromatic carboxylic acids is 1. The van der Waals surface area contributed by atoms with E-state index in [0.29, 0.717) is 16.8 Å². The minimum atomic E-state index is -1.14.